The summed E-state index contributed by atoms with van der Waals surface area (Å²) in [7, 11) is 0. The zero-order valence-corrected chi connectivity index (χ0v) is 12.9. The number of carbonyl (C=O) groups excluding carboxylic acids is 1. The van der Waals surface area contributed by atoms with Crippen molar-refractivity contribution >= 4 is 22.4 Å². The molecule has 1 saturated carbocycles. The van der Waals surface area contributed by atoms with Gasteiger partial charge in [-0.15, -0.1) is 10.2 Å². The maximum absolute atomic E-state index is 12.2. The van der Waals surface area contributed by atoms with Crippen LogP contribution in [0.4, 0.5) is 5.13 Å². The Labute approximate surface area is 128 Å². The molecule has 2 aromatic rings. The van der Waals surface area contributed by atoms with Crippen molar-refractivity contribution in [2.24, 2.45) is 0 Å². The summed E-state index contributed by atoms with van der Waals surface area (Å²) in [5, 5.41) is 12.6. The summed E-state index contributed by atoms with van der Waals surface area (Å²) < 4.78 is 0. The van der Waals surface area contributed by atoms with E-state index in [2.05, 4.69) is 22.4 Å². The highest BCUT2D eigenvalue weighted by Gasteiger charge is 2.27. The van der Waals surface area contributed by atoms with Gasteiger partial charge in [0, 0.05) is 11.5 Å². The summed E-state index contributed by atoms with van der Waals surface area (Å²) in [6.07, 6.45) is 5.83. The van der Waals surface area contributed by atoms with E-state index in [0.717, 1.165) is 11.4 Å². The van der Waals surface area contributed by atoms with Crippen LogP contribution in [0.1, 0.15) is 59.5 Å². The molecule has 1 aromatic heterocycles. The van der Waals surface area contributed by atoms with Crippen LogP contribution < -0.4 is 5.32 Å². The Bertz CT molecular complexity index is 617. The number of aryl methyl sites for hydroxylation is 1. The van der Waals surface area contributed by atoms with Crippen molar-refractivity contribution < 1.29 is 4.79 Å². The molecule has 0 atom stereocenters. The first-order chi connectivity index (χ1) is 10.3. The van der Waals surface area contributed by atoms with Crippen LogP contribution in [-0.4, -0.2) is 16.1 Å². The van der Waals surface area contributed by atoms with E-state index in [0.29, 0.717) is 16.6 Å². The summed E-state index contributed by atoms with van der Waals surface area (Å²) >= 11 is 1.49. The predicted molar refractivity (Wildman–Crippen MR) is 84.9 cm³/mol. The van der Waals surface area contributed by atoms with Crippen molar-refractivity contribution in [3.8, 4) is 0 Å². The molecule has 0 radical (unpaired) electrons. The largest absolute Gasteiger partial charge is 0.296 e. The molecule has 4 nitrogen and oxygen atoms in total. The minimum Gasteiger partial charge on any atom is -0.296 e. The second-order valence-corrected chi connectivity index (χ2v) is 6.48. The van der Waals surface area contributed by atoms with E-state index in [4.69, 9.17) is 0 Å². The summed E-state index contributed by atoms with van der Waals surface area (Å²) in [6, 6.07) is 7.81. The molecule has 110 valence electrons. The average Bonchev–Trinajstić information content (AvgIpc) is 3.26. The fraction of sp³-hybridized carbons (Fsp3) is 0.438. The lowest BCUT2D eigenvalue weighted by atomic mass is 10.1. The molecule has 1 fully saturated rings. The standard InChI is InChI=1S/C16H19N3OS/c1-2-3-4-11-5-7-12(8-6-11)14(20)17-16-19-18-15(21-16)13-9-10-13/h5-8,13H,2-4,9-10H2,1H3,(H,17,19,20). The first kappa shape index (κ1) is 14.2. The number of benzene rings is 1. The highest BCUT2D eigenvalue weighted by molar-refractivity contribution is 7.15. The third-order valence-corrected chi connectivity index (χ3v) is 4.62. The Hall–Kier alpha value is -1.75. The number of anilines is 1. The van der Waals surface area contributed by atoms with Crippen molar-refractivity contribution in [3.05, 3.63) is 40.4 Å². The molecule has 0 aliphatic heterocycles. The van der Waals surface area contributed by atoms with Crippen LogP contribution in [0.15, 0.2) is 24.3 Å². The molecule has 1 aliphatic rings. The Balaban J connectivity index is 1.61. The first-order valence-corrected chi connectivity index (χ1v) is 8.31. The molecule has 0 unspecified atom stereocenters. The highest BCUT2D eigenvalue weighted by atomic mass is 32.1. The van der Waals surface area contributed by atoms with Crippen LogP contribution in [0.3, 0.4) is 0 Å². The van der Waals surface area contributed by atoms with E-state index in [9.17, 15) is 4.79 Å². The van der Waals surface area contributed by atoms with Gasteiger partial charge in [0.2, 0.25) is 5.13 Å². The topological polar surface area (TPSA) is 54.9 Å². The average molecular weight is 301 g/mol. The maximum Gasteiger partial charge on any atom is 0.257 e. The van der Waals surface area contributed by atoms with Crippen LogP contribution in [0.25, 0.3) is 0 Å². The summed E-state index contributed by atoms with van der Waals surface area (Å²) in [4.78, 5) is 12.2. The molecule has 5 heteroatoms. The molecular formula is C16H19N3OS. The van der Waals surface area contributed by atoms with E-state index in [1.807, 2.05) is 24.3 Å². The zero-order valence-electron chi connectivity index (χ0n) is 12.1. The smallest absolute Gasteiger partial charge is 0.257 e. The second-order valence-electron chi connectivity index (χ2n) is 5.47. The fourth-order valence-electron chi connectivity index (χ4n) is 2.15. The fourth-order valence-corrected chi connectivity index (χ4v) is 3.06. The predicted octanol–water partition coefficient (Wildman–Crippen LogP) is 4.01. The van der Waals surface area contributed by atoms with Crippen LogP contribution >= 0.6 is 11.3 Å². The minimum absolute atomic E-state index is 0.115. The van der Waals surface area contributed by atoms with E-state index in [-0.39, 0.29) is 5.91 Å². The van der Waals surface area contributed by atoms with Crippen LogP contribution in [0.2, 0.25) is 0 Å². The molecule has 3 rings (SSSR count). The van der Waals surface area contributed by atoms with E-state index >= 15 is 0 Å². The van der Waals surface area contributed by atoms with E-state index in [1.54, 1.807) is 0 Å². The Kier molecular flexibility index (Phi) is 4.29. The number of nitrogens with one attached hydrogen (secondary N) is 1. The molecule has 21 heavy (non-hydrogen) atoms. The second kappa shape index (κ2) is 6.35. The third-order valence-electron chi connectivity index (χ3n) is 3.62. The lowest BCUT2D eigenvalue weighted by Crippen LogP contribution is -2.11. The van der Waals surface area contributed by atoms with Crippen molar-refractivity contribution in [1.82, 2.24) is 10.2 Å². The van der Waals surface area contributed by atoms with Gasteiger partial charge in [0.15, 0.2) is 0 Å². The summed E-state index contributed by atoms with van der Waals surface area (Å²) in [5.41, 5.74) is 1.94. The molecule has 1 amide bonds. The number of hydrogen-bond acceptors (Lipinski definition) is 4. The summed E-state index contributed by atoms with van der Waals surface area (Å²) in [5.74, 6) is 0.460. The van der Waals surface area contributed by atoms with Crippen LogP contribution in [0, 0.1) is 0 Å². The number of aromatic nitrogens is 2. The molecule has 0 bridgehead atoms. The van der Waals surface area contributed by atoms with Gasteiger partial charge in [-0.1, -0.05) is 36.8 Å². The monoisotopic (exact) mass is 301 g/mol. The van der Waals surface area contributed by atoms with Gasteiger partial charge < -0.3 is 0 Å². The van der Waals surface area contributed by atoms with Gasteiger partial charge in [0.05, 0.1) is 0 Å². The summed E-state index contributed by atoms with van der Waals surface area (Å²) in [6.45, 7) is 2.18. The van der Waals surface area contributed by atoms with Crippen molar-refractivity contribution in [3.63, 3.8) is 0 Å². The van der Waals surface area contributed by atoms with Gasteiger partial charge in [-0.25, -0.2) is 0 Å². The number of unbranched alkanes of at least 4 members (excludes halogenated alkanes) is 1. The van der Waals surface area contributed by atoms with Crippen molar-refractivity contribution in [1.29, 1.82) is 0 Å². The normalized spacial score (nSPS) is 14.1. The van der Waals surface area contributed by atoms with Gasteiger partial charge in [-0.3, -0.25) is 10.1 Å². The Morgan fingerprint density at radius 2 is 2.05 bits per heavy atom. The van der Waals surface area contributed by atoms with Crippen LogP contribution in [0.5, 0.6) is 0 Å². The minimum atomic E-state index is -0.115. The highest BCUT2D eigenvalue weighted by Crippen LogP contribution is 2.42. The first-order valence-electron chi connectivity index (χ1n) is 7.50. The van der Waals surface area contributed by atoms with Gasteiger partial charge in [-0.05, 0) is 43.4 Å². The number of carbonyl (C=O) groups is 1. The molecular weight excluding hydrogens is 282 g/mol. The number of nitrogens with zero attached hydrogens (tertiary/aromatic N) is 2. The SMILES string of the molecule is CCCCc1ccc(C(=O)Nc2nnc(C3CC3)s2)cc1. The van der Waals surface area contributed by atoms with Gasteiger partial charge >= 0.3 is 0 Å². The molecule has 0 saturated heterocycles. The van der Waals surface area contributed by atoms with Gasteiger partial charge in [-0.2, -0.15) is 0 Å². The molecule has 1 N–H and O–H groups in total. The quantitative estimate of drug-likeness (QED) is 0.877. The number of amides is 1. The third kappa shape index (κ3) is 3.67. The molecule has 0 spiro atoms. The van der Waals surface area contributed by atoms with Crippen molar-refractivity contribution in [2.45, 2.75) is 44.9 Å². The Morgan fingerprint density at radius 3 is 2.71 bits per heavy atom. The van der Waals surface area contributed by atoms with E-state index < -0.39 is 0 Å². The lowest BCUT2D eigenvalue weighted by molar-refractivity contribution is 0.102. The lowest BCUT2D eigenvalue weighted by Gasteiger charge is -2.03. The maximum atomic E-state index is 12.2. The molecule has 1 heterocycles. The van der Waals surface area contributed by atoms with E-state index in [1.165, 1.54) is 42.6 Å². The molecule has 1 aromatic carbocycles. The zero-order chi connectivity index (χ0) is 14.7. The van der Waals surface area contributed by atoms with Crippen molar-refractivity contribution in [2.75, 3.05) is 5.32 Å². The van der Waals surface area contributed by atoms with Gasteiger partial charge in [0.25, 0.3) is 5.91 Å². The number of hydrogen-bond donors (Lipinski definition) is 1. The number of rotatable bonds is 6. The molecule has 1 aliphatic carbocycles. The van der Waals surface area contributed by atoms with Crippen LogP contribution in [-0.2, 0) is 6.42 Å². The van der Waals surface area contributed by atoms with Gasteiger partial charge in [0.1, 0.15) is 5.01 Å². The Morgan fingerprint density at radius 1 is 1.29 bits per heavy atom.